The lowest BCUT2D eigenvalue weighted by atomic mass is 10.0. The minimum absolute atomic E-state index is 0.0393. The average Bonchev–Trinajstić information content (AvgIpc) is 2.52. The van der Waals surface area contributed by atoms with Gasteiger partial charge in [-0.2, -0.15) is 0 Å². The number of ether oxygens (including phenoxy) is 3. The molecule has 0 fully saturated rings. The van der Waals surface area contributed by atoms with Crippen molar-refractivity contribution >= 4 is 5.97 Å². The van der Waals surface area contributed by atoms with Crippen LogP contribution in [0.4, 0.5) is 0 Å². The molecule has 0 unspecified atom stereocenters. The van der Waals surface area contributed by atoms with Crippen molar-refractivity contribution in [3.8, 4) is 0 Å². The number of hydrogen-bond donors (Lipinski definition) is 0. The molecule has 0 saturated carbocycles. The van der Waals surface area contributed by atoms with Gasteiger partial charge in [0.25, 0.3) is 0 Å². The number of hydrogen-bond acceptors (Lipinski definition) is 4. The van der Waals surface area contributed by atoms with Crippen LogP contribution < -0.4 is 0 Å². The van der Waals surface area contributed by atoms with Crippen LogP contribution in [0.3, 0.4) is 0 Å². The van der Waals surface area contributed by atoms with Gasteiger partial charge in [0.05, 0.1) is 32.8 Å². The molecule has 0 aliphatic heterocycles. The van der Waals surface area contributed by atoms with Crippen molar-refractivity contribution in [1.82, 2.24) is 0 Å². The highest BCUT2D eigenvalue weighted by Crippen LogP contribution is 2.11. The van der Waals surface area contributed by atoms with Gasteiger partial charge in [-0.3, -0.25) is 4.79 Å². The Balaban J connectivity index is 2.34. The van der Waals surface area contributed by atoms with E-state index in [0.29, 0.717) is 13.2 Å². The second kappa shape index (κ2) is 10.1. The van der Waals surface area contributed by atoms with Gasteiger partial charge >= 0.3 is 5.97 Å². The zero-order valence-corrected chi connectivity index (χ0v) is 13.0. The molecule has 1 aromatic carbocycles. The standard InChI is InChI=1S/C17H24O4/c1-14(8-7-11-17(18)20-3)16(19-2)13-21-12-15-9-5-4-6-10-15/h4-10,14,16H,11-13H2,1-3H3/b8-7+/t14-,16-/m0/s1. The minimum Gasteiger partial charge on any atom is -0.469 e. The van der Waals surface area contributed by atoms with E-state index in [1.807, 2.05) is 43.3 Å². The summed E-state index contributed by atoms with van der Waals surface area (Å²) in [5.41, 5.74) is 1.14. The molecule has 0 saturated heterocycles. The van der Waals surface area contributed by atoms with Crippen LogP contribution in [0.15, 0.2) is 42.5 Å². The summed E-state index contributed by atoms with van der Waals surface area (Å²) in [5, 5.41) is 0. The Morgan fingerprint density at radius 2 is 1.95 bits per heavy atom. The van der Waals surface area contributed by atoms with Gasteiger partial charge in [0, 0.05) is 13.0 Å². The molecular formula is C17H24O4. The molecule has 0 heterocycles. The highest BCUT2D eigenvalue weighted by molar-refractivity contribution is 5.70. The number of carbonyl (C=O) groups is 1. The number of carbonyl (C=O) groups excluding carboxylic acids is 1. The van der Waals surface area contributed by atoms with Gasteiger partial charge in [-0.15, -0.1) is 0 Å². The van der Waals surface area contributed by atoms with Gasteiger partial charge in [0.1, 0.15) is 0 Å². The van der Waals surface area contributed by atoms with E-state index < -0.39 is 0 Å². The van der Waals surface area contributed by atoms with Gasteiger partial charge in [-0.25, -0.2) is 0 Å². The van der Waals surface area contributed by atoms with Crippen molar-refractivity contribution < 1.29 is 19.0 Å². The lowest BCUT2D eigenvalue weighted by Gasteiger charge is -2.20. The Labute approximate surface area is 126 Å². The second-order valence-electron chi connectivity index (χ2n) is 4.84. The molecule has 2 atom stereocenters. The largest absolute Gasteiger partial charge is 0.469 e. The van der Waals surface area contributed by atoms with Crippen molar-refractivity contribution in [2.75, 3.05) is 20.8 Å². The predicted octanol–water partition coefficient (Wildman–Crippen LogP) is 2.97. The van der Waals surface area contributed by atoms with E-state index in [1.165, 1.54) is 7.11 Å². The molecule has 1 rings (SSSR count). The summed E-state index contributed by atoms with van der Waals surface area (Å²) in [4.78, 5) is 11.0. The van der Waals surface area contributed by atoms with Gasteiger partial charge in [-0.1, -0.05) is 49.4 Å². The Bertz CT molecular complexity index is 428. The molecule has 1 aromatic rings. The molecule has 0 aliphatic carbocycles. The summed E-state index contributed by atoms with van der Waals surface area (Å²) in [6.07, 6.45) is 4.00. The summed E-state index contributed by atoms with van der Waals surface area (Å²) in [6, 6.07) is 10.0. The summed E-state index contributed by atoms with van der Waals surface area (Å²) in [7, 11) is 3.05. The van der Waals surface area contributed by atoms with E-state index in [4.69, 9.17) is 9.47 Å². The number of methoxy groups -OCH3 is 2. The van der Waals surface area contributed by atoms with E-state index in [2.05, 4.69) is 4.74 Å². The van der Waals surface area contributed by atoms with Gasteiger partial charge < -0.3 is 14.2 Å². The normalized spacial score (nSPS) is 14.0. The third kappa shape index (κ3) is 7.06. The van der Waals surface area contributed by atoms with Crippen LogP contribution in [0.2, 0.25) is 0 Å². The fraction of sp³-hybridized carbons (Fsp3) is 0.471. The maximum atomic E-state index is 11.0. The van der Waals surface area contributed by atoms with Crippen molar-refractivity contribution in [3.63, 3.8) is 0 Å². The number of benzene rings is 1. The smallest absolute Gasteiger partial charge is 0.309 e. The quantitative estimate of drug-likeness (QED) is 0.518. The van der Waals surface area contributed by atoms with E-state index >= 15 is 0 Å². The van der Waals surface area contributed by atoms with Crippen LogP contribution in [0.5, 0.6) is 0 Å². The summed E-state index contributed by atoms with van der Waals surface area (Å²) < 4.78 is 15.7. The summed E-state index contributed by atoms with van der Waals surface area (Å²) in [6.45, 7) is 3.11. The number of esters is 1. The molecule has 116 valence electrons. The Kier molecular flexibility index (Phi) is 8.40. The first kappa shape index (κ1) is 17.4. The lowest BCUT2D eigenvalue weighted by molar-refractivity contribution is -0.139. The summed E-state index contributed by atoms with van der Waals surface area (Å²) in [5.74, 6) is -0.0804. The molecule has 21 heavy (non-hydrogen) atoms. The molecular weight excluding hydrogens is 268 g/mol. The third-order valence-corrected chi connectivity index (χ3v) is 3.23. The Morgan fingerprint density at radius 3 is 2.57 bits per heavy atom. The highest BCUT2D eigenvalue weighted by Gasteiger charge is 2.14. The van der Waals surface area contributed by atoms with E-state index in [0.717, 1.165) is 5.56 Å². The Morgan fingerprint density at radius 1 is 1.24 bits per heavy atom. The second-order valence-corrected chi connectivity index (χ2v) is 4.84. The lowest BCUT2D eigenvalue weighted by Crippen LogP contribution is -2.25. The SMILES string of the molecule is COC(=O)C/C=C/[C@H](C)[C@H](COCc1ccccc1)OC. The van der Waals surface area contributed by atoms with Crippen LogP contribution in [-0.2, 0) is 25.6 Å². The summed E-state index contributed by atoms with van der Waals surface area (Å²) >= 11 is 0. The monoisotopic (exact) mass is 292 g/mol. The molecule has 4 nitrogen and oxygen atoms in total. The molecule has 0 radical (unpaired) electrons. The molecule has 0 spiro atoms. The van der Waals surface area contributed by atoms with E-state index in [-0.39, 0.29) is 24.4 Å². The Hall–Kier alpha value is -1.65. The fourth-order valence-corrected chi connectivity index (χ4v) is 1.89. The average molecular weight is 292 g/mol. The molecule has 0 aromatic heterocycles. The first-order valence-electron chi connectivity index (χ1n) is 7.05. The first-order chi connectivity index (χ1) is 10.2. The molecule has 0 aliphatic rings. The molecule has 0 amide bonds. The van der Waals surface area contributed by atoms with Gasteiger partial charge in [0.15, 0.2) is 0 Å². The van der Waals surface area contributed by atoms with E-state index in [9.17, 15) is 4.79 Å². The van der Waals surface area contributed by atoms with Crippen LogP contribution in [0, 0.1) is 5.92 Å². The van der Waals surface area contributed by atoms with Gasteiger partial charge in [0.2, 0.25) is 0 Å². The topological polar surface area (TPSA) is 44.8 Å². The number of rotatable bonds is 9. The molecule has 4 heteroatoms. The minimum atomic E-state index is -0.243. The molecule has 0 N–H and O–H groups in total. The van der Waals surface area contributed by atoms with Crippen LogP contribution in [-0.4, -0.2) is 32.9 Å². The van der Waals surface area contributed by atoms with Crippen LogP contribution >= 0.6 is 0 Å². The van der Waals surface area contributed by atoms with E-state index in [1.54, 1.807) is 13.2 Å². The maximum absolute atomic E-state index is 11.0. The predicted molar refractivity (Wildman–Crippen MR) is 81.8 cm³/mol. The fourth-order valence-electron chi connectivity index (χ4n) is 1.89. The first-order valence-corrected chi connectivity index (χ1v) is 7.05. The zero-order chi connectivity index (χ0) is 15.5. The van der Waals surface area contributed by atoms with Gasteiger partial charge in [-0.05, 0) is 5.56 Å². The zero-order valence-electron chi connectivity index (χ0n) is 13.0. The van der Waals surface area contributed by atoms with Crippen LogP contribution in [0.1, 0.15) is 18.9 Å². The molecule has 0 bridgehead atoms. The third-order valence-electron chi connectivity index (χ3n) is 3.23. The maximum Gasteiger partial charge on any atom is 0.309 e. The highest BCUT2D eigenvalue weighted by atomic mass is 16.5. The van der Waals surface area contributed by atoms with Crippen molar-refractivity contribution in [1.29, 1.82) is 0 Å². The van der Waals surface area contributed by atoms with Crippen molar-refractivity contribution in [3.05, 3.63) is 48.0 Å². The van der Waals surface area contributed by atoms with Crippen molar-refractivity contribution in [2.45, 2.75) is 26.1 Å². The van der Waals surface area contributed by atoms with Crippen molar-refractivity contribution in [2.24, 2.45) is 5.92 Å². The van der Waals surface area contributed by atoms with Crippen LogP contribution in [0.25, 0.3) is 0 Å².